The number of rotatable bonds is 10. The lowest BCUT2D eigenvalue weighted by atomic mass is 9.90. The Balaban J connectivity index is 1.62. The molecule has 35 heavy (non-hydrogen) atoms. The van der Waals surface area contributed by atoms with Crippen LogP contribution in [-0.2, 0) is 32.4 Å². The van der Waals surface area contributed by atoms with Crippen molar-refractivity contribution >= 4 is 22.6 Å². The van der Waals surface area contributed by atoms with E-state index < -0.39 is 38.5 Å². The minimum Gasteiger partial charge on any atom is -0.497 e. The predicted octanol–water partition coefficient (Wildman–Crippen LogP) is 4.98. The summed E-state index contributed by atoms with van der Waals surface area (Å²) in [6, 6.07) is 11.8. The van der Waals surface area contributed by atoms with Crippen molar-refractivity contribution in [3.05, 3.63) is 71.4 Å². The van der Waals surface area contributed by atoms with E-state index >= 15 is 0 Å². The minimum atomic E-state index is -2.10. The van der Waals surface area contributed by atoms with Gasteiger partial charge in [-0.05, 0) is 43.7 Å². The van der Waals surface area contributed by atoms with Gasteiger partial charge in [-0.15, -0.1) is 0 Å². The Morgan fingerprint density at radius 1 is 1.09 bits per heavy atom. The van der Waals surface area contributed by atoms with Gasteiger partial charge in [-0.25, -0.2) is 8.78 Å². The van der Waals surface area contributed by atoms with Gasteiger partial charge in [0.1, 0.15) is 22.1 Å². The van der Waals surface area contributed by atoms with Crippen LogP contribution < -0.4 is 10.1 Å². The molecule has 0 aliphatic heterocycles. The van der Waals surface area contributed by atoms with Crippen LogP contribution in [0.2, 0.25) is 0 Å². The van der Waals surface area contributed by atoms with Gasteiger partial charge in [0.15, 0.2) is 0 Å². The van der Waals surface area contributed by atoms with Crippen molar-refractivity contribution in [2.45, 2.75) is 49.4 Å². The van der Waals surface area contributed by atoms with Crippen LogP contribution in [-0.4, -0.2) is 33.7 Å². The number of hydrogen-bond acceptors (Lipinski definition) is 6. The van der Waals surface area contributed by atoms with Gasteiger partial charge >= 0.3 is 0 Å². The molecule has 2 aromatic carbocycles. The summed E-state index contributed by atoms with van der Waals surface area (Å²) < 4.78 is 54.9. The smallest absolute Gasteiger partial charge is 0.245 e. The summed E-state index contributed by atoms with van der Waals surface area (Å²) in [7, 11) is -0.491. The largest absolute Gasteiger partial charge is 0.497 e. The van der Waals surface area contributed by atoms with E-state index in [9.17, 15) is 17.8 Å². The molecule has 1 unspecified atom stereocenters. The molecule has 188 valence electrons. The van der Waals surface area contributed by atoms with Gasteiger partial charge in [-0.3, -0.25) is 14.3 Å². The summed E-state index contributed by atoms with van der Waals surface area (Å²) in [5, 5.41) is 6.57. The van der Waals surface area contributed by atoms with Crippen LogP contribution in [0.1, 0.15) is 39.0 Å². The van der Waals surface area contributed by atoms with Gasteiger partial charge in [0.05, 0.1) is 41.7 Å². The molecule has 0 saturated heterocycles. The fraction of sp³-hybridized carbons (Fsp3) is 0.360. The molecule has 1 N–H and O–H groups in total. The zero-order valence-corrected chi connectivity index (χ0v) is 21.0. The Morgan fingerprint density at radius 3 is 2.40 bits per heavy atom. The number of methoxy groups -OCH3 is 1. The molecule has 0 radical (unpaired) electrons. The fourth-order valence-corrected chi connectivity index (χ4v) is 4.32. The summed E-state index contributed by atoms with van der Waals surface area (Å²) in [5.41, 5.74) is 1.00. The minimum absolute atomic E-state index is 0.0536. The third kappa shape index (κ3) is 6.32. The number of halogens is 2. The first-order valence-corrected chi connectivity index (χ1v) is 12.0. The summed E-state index contributed by atoms with van der Waals surface area (Å²) >= 11 is 0. The molecule has 1 atom stereocenters. The molecule has 1 amide bonds. The van der Waals surface area contributed by atoms with Crippen LogP contribution in [0.5, 0.6) is 5.75 Å². The highest BCUT2D eigenvalue weighted by Crippen LogP contribution is 2.28. The summed E-state index contributed by atoms with van der Waals surface area (Å²) in [5.74, 6) is -1.63. The molecule has 0 bridgehead atoms. The lowest BCUT2D eigenvalue weighted by Gasteiger charge is -2.22. The number of carbonyl (C=O) groups excluding carboxylic acids is 1. The maximum Gasteiger partial charge on any atom is 0.245 e. The van der Waals surface area contributed by atoms with E-state index in [0.29, 0.717) is 25.0 Å². The molecule has 0 aliphatic carbocycles. The van der Waals surface area contributed by atoms with E-state index in [4.69, 9.17) is 14.0 Å². The summed E-state index contributed by atoms with van der Waals surface area (Å²) in [6.07, 6.45) is 0. The number of anilines is 1. The lowest BCUT2D eigenvalue weighted by Crippen LogP contribution is -2.41. The van der Waals surface area contributed by atoms with Crippen molar-refractivity contribution in [1.82, 2.24) is 5.16 Å². The van der Waals surface area contributed by atoms with Crippen LogP contribution in [0.4, 0.5) is 14.7 Å². The second kappa shape index (κ2) is 10.7. The number of ether oxygens (including phenoxy) is 2. The van der Waals surface area contributed by atoms with Crippen LogP contribution in [0.3, 0.4) is 0 Å². The molecule has 7 nitrogen and oxygen atoms in total. The van der Waals surface area contributed by atoms with Crippen molar-refractivity contribution < 1.29 is 31.8 Å². The second-order valence-corrected chi connectivity index (χ2v) is 11.1. The molecule has 10 heteroatoms. The summed E-state index contributed by atoms with van der Waals surface area (Å²) in [6.45, 7) is 7.36. The van der Waals surface area contributed by atoms with Gasteiger partial charge in [0, 0.05) is 17.5 Å². The predicted molar refractivity (Wildman–Crippen MR) is 128 cm³/mol. The molecule has 0 fully saturated rings. The molecule has 0 saturated carbocycles. The van der Waals surface area contributed by atoms with E-state index in [0.717, 1.165) is 23.4 Å². The monoisotopic (exact) mass is 506 g/mol. The highest BCUT2D eigenvalue weighted by atomic mass is 32.2. The van der Waals surface area contributed by atoms with E-state index in [-0.39, 0.29) is 10.8 Å². The summed E-state index contributed by atoms with van der Waals surface area (Å²) in [4.78, 5) is 12.6. The number of benzene rings is 2. The molecule has 0 spiro atoms. The topological polar surface area (TPSA) is 90.7 Å². The number of nitrogens with one attached hydrogen (secondary N) is 1. The molecule has 1 aromatic heterocycles. The maximum absolute atomic E-state index is 14.1. The van der Waals surface area contributed by atoms with E-state index in [1.807, 2.05) is 38.1 Å². The Labute approximate surface area is 205 Å². The Kier molecular flexibility index (Phi) is 8.07. The van der Waals surface area contributed by atoms with E-state index in [1.54, 1.807) is 13.2 Å². The number of amides is 1. The normalized spacial score (nSPS) is 12.9. The quantitative estimate of drug-likeness (QED) is 0.417. The van der Waals surface area contributed by atoms with Gasteiger partial charge in [0.2, 0.25) is 11.8 Å². The molecule has 3 rings (SSSR count). The van der Waals surface area contributed by atoms with Crippen molar-refractivity contribution in [3.8, 4) is 5.75 Å². The first-order valence-electron chi connectivity index (χ1n) is 10.8. The van der Waals surface area contributed by atoms with Crippen molar-refractivity contribution in [3.63, 3.8) is 0 Å². The Hall–Kier alpha value is -3.11. The third-order valence-corrected chi connectivity index (χ3v) is 7.28. The second-order valence-electron chi connectivity index (χ2n) is 9.11. The average Bonchev–Trinajstić information content (AvgIpc) is 3.28. The number of nitrogens with zero attached hydrogens (tertiary/aromatic N) is 1. The van der Waals surface area contributed by atoms with Gasteiger partial charge < -0.3 is 14.0 Å². The fourth-order valence-electron chi connectivity index (χ4n) is 3.12. The zero-order valence-electron chi connectivity index (χ0n) is 20.2. The highest BCUT2D eigenvalue weighted by molar-refractivity contribution is 7.87. The van der Waals surface area contributed by atoms with Gasteiger partial charge in [-0.1, -0.05) is 31.1 Å². The average molecular weight is 507 g/mol. The van der Waals surface area contributed by atoms with E-state index in [2.05, 4.69) is 10.5 Å². The molecular weight excluding hydrogens is 478 g/mol. The van der Waals surface area contributed by atoms with Gasteiger partial charge in [-0.2, -0.15) is 0 Å². The molecule has 3 aromatic rings. The first kappa shape index (κ1) is 26.5. The number of aromatic nitrogens is 1. The zero-order chi connectivity index (χ0) is 25.8. The number of carbonyl (C=O) groups is 1. The van der Waals surface area contributed by atoms with Crippen LogP contribution in [0.25, 0.3) is 0 Å². The van der Waals surface area contributed by atoms with Crippen LogP contribution >= 0.6 is 0 Å². The Bertz CT molecular complexity index is 1210. The van der Waals surface area contributed by atoms with Crippen LogP contribution in [0, 0.1) is 11.6 Å². The highest BCUT2D eigenvalue weighted by Gasteiger charge is 2.38. The molecule has 1 heterocycles. The van der Waals surface area contributed by atoms with Crippen molar-refractivity contribution in [1.29, 1.82) is 0 Å². The SMILES string of the molecule is COc1ccc(COCC(C)(C)c2cc(NC(=O)C(C)(C)S(=O)c3ccc(F)cc3F)on2)cc1. The Morgan fingerprint density at radius 2 is 1.77 bits per heavy atom. The number of hydrogen-bond donors (Lipinski definition) is 1. The van der Waals surface area contributed by atoms with Crippen LogP contribution in [0.15, 0.2) is 57.9 Å². The maximum atomic E-state index is 14.1. The first-order chi connectivity index (χ1) is 16.4. The third-order valence-electron chi connectivity index (χ3n) is 5.43. The molecular formula is C25H28F2N2O5S. The van der Waals surface area contributed by atoms with Crippen molar-refractivity contribution in [2.75, 3.05) is 19.0 Å². The van der Waals surface area contributed by atoms with Crippen molar-refractivity contribution in [2.24, 2.45) is 0 Å². The van der Waals surface area contributed by atoms with Gasteiger partial charge in [0.25, 0.3) is 0 Å². The molecule has 0 aliphatic rings. The lowest BCUT2D eigenvalue weighted by molar-refractivity contribution is -0.117. The standard InChI is InChI=1S/C25H28F2N2O5S/c1-24(2,15-33-14-16-6-9-18(32-5)10-7-16)21-13-22(34-29-21)28-23(30)25(3,4)35(31)20-11-8-17(26)12-19(20)27/h6-13H,14-15H2,1-5H3,(H,28,30). The van der Waals surface area contributed by atoms with E-state index in [1.165, 1.54) is 13.8 Å².